The molecule has 1 saturated carbocycles. The second kappa shape index (κ2) is 8.89. The predicted octanol–water partition coefficient (Wildman–Crippen LogP) is 4.43. The molecule has 1 fully saturated rings. The van der Waals surface area contributed by atoms with Gasteiger partial charge >= 0.3 is 0 Å². The summed E-state index contributed by atoms with van der Waals surface area (Å²) < 4.78 is 0. The fourth-order valence-corrected chi connectivity index (χ4v) is 4.39. The molecule has 0 radical (unpaired) electrons. The summed E-state index contributed by atoms with van der Waals surface area (Å²) in [6.07, 6.45) is 3.09. The van der Waals surface area contributed by atoms with Crippen LogP contribution in [0.25, 0.3) is 0 Å². The van der Waals surface area contributed by atoms with Crippen molar-refractivity contribution in [3.63, 3.8) is 0 Å². The Bertz CT molecular complexity index is 819. The van der Waals surface area contributed by atoms with Crippen LogP contribution >= 0.6 is 11.3 Å². The van der Waals surface area contributed by atoms with E-state index in [0.29, 0.717) is 5.92 Å². The van der Waals surface area contributed by atoms with Gasteiger partial charge in [0, 0.05) is 4.88 Å². The molecule has 0 saturated heterocycles. The average Bonchev–Trinajstić information content (AvgIpc) is 3.40. The van der Waals surface area contributed by atoms with Gasteiger partial charge < -0.3 is 5.32 Å². The molecule has 2 aromatic rings. The first-order valence-electron chi connectivity index (χ1n) is 9.99. The van der Waals surface area contributed by atoms with Gasteiger partial charge in [0.25, 0.3) is 0 Å². The Kier molecular flexibility index (Phi) is 6.53. The molecule has 4 nitrogen and oxygen atoms in total. The van der Waals surface area contributed by atoms with Crippen molar-refractivity contribution in [2.75, 3.05) is 6.54 Å². The largest absolute Gasteiger partial charge is 0.337 e. The Morgan fingerprint density at radius 1 is 1.29 bits per heavy atom. The number of carbonyl (C=O) groups is 1. The molecule has 1 heterocycles. The van der Waals surface area contributed by atoms with E-state index in [2.05, 4.69) is 66.3 Å². The van der Waals surface area contributed by atoms with Crippen LogP contribution in [0.15, 0.2) is 41.8 Å². The minimum atomic E-state index is -0.754. The number of nitriles is 1. The predicted molar refractivity (Wildman–Crippen MR) is 114 cm³/mol. The average molecular weight is 396 g/mol. The van der Waals surface area contributed by atoms with Crippen molar-refractivity contribution in [2.24, 2.45) is 11.8 Å². The molecule has 1 aliphatic rings. The lowest BCUT2D eigenvalue weighted by Crippen LogP contribution is -2.49. The summed E-state index contributed by atoms with van der Waals surface area (Å²) >= 11 is 1.68. The third kappa shape index (κ3) is 5.21. The van der Waals surface area contributed by atoms with E-state index in [1.54, 1.807) is 11.3 Å². The highest BCUT2D eigenvalue weighted by Crippen LogP contribution is 2.39. The minimum absolute atomic E-state index is 0.0342. The monoisotopic (exact) mass is 395 g/mol. The Hall–Kier alpha value is -2.16. The summed E-state index contributed by atoms with van der Waals surface area (Å²) in [4.78, 5) is 13.7. The fourth-order valence-electron chi connectivity index (χ4n) is 3.57. The molecule has 0 aliphatic heterocycles. The van der Waals surface area contributed by atoms with Gasteiger partial charge in [0.15, 0.2) is 0 Å². The van der Waals surface area contributed by atoms with Gasteiger partial charge in [-0.2, -0.15) is 5.26 Å². The van der Waals surface area contributed by atoms with Crippen molar-refractivity contribution in [1.82, 2.24) is 10.6 Å². The fraction of sp³-hybridized carbons (Fsp3) is 0.478. The summed E-state index contributed by atoms with van der Waals surface area (Å²) in [7, 11) is 0. The van der Waals surface area contributed by atoms with Gasteiger partial charge in [0.2, 0.25) is 5.91 Å². The number of nitrogens with zero attached hydrogens (tertiary/aromatic N) is 1. The highest BCUT2D eigenvalue weighted by atomic mass is 32.1. The number of benzene rings is 1. The van der Waals surface area contributed by atoms with Gasteiger partial charge in [0.1, 0.15) is 5.54 Å². The van der Waals surface area contributed by atoms with Gasteiger partial charge in [-0.05, 0) is 60.6 Å². The van der Waals surface area contributed by atoms with Crippen LogP contribution < -0.4 is 10.6 Å². The molecule has 1 aromatic carbocycles. The molecular formula is C23H29N3OS. The summed E-state index contributed by atoms with van der Waals surface area (Å²) in [5.41, 5.74) is 1.72. The Morgan fingerprint density at radius 2 is 2.00 bits per heavy atom. The van der Waals surface area contributed by atoms with Crippen LogP contribution in [-0.4, -0.2) is 18.0 Å². The number of hydrogen-bond donors (Lipinski definition) is 2. The second-order valence-electron chi connectivity index (χ2n) is 8.31. The van der Waals surface area contributed by atoms with E-state index in [9.17, 15) is 10.1 Å². The standard InChI is InChI=1S/C23H29N3OS/c1-16(2)13-17-6-8-18(9-7-17)22(20-5-4-12-28-20)25-14-21(27)26-23(3,15-24)19-10-11-19/h4-9,12,16,19,22,25H,10-11,13-14H2,1-3H3,(H,26,27)/t22-,23-/m1/s1. The highest BCUT2D eigenvalue weighted by Gasteiger charge is 2.42. The molecule has 28 heavy (non-hydrogen) atoms. The Morgan fingerprint density at radius 3 is 2.54 bits per heavy atom. The molecule has 0 unspecified atom stereocenters. The van der Waals surface area contributed by atoms with Crippen molar-refractivity contribution in [1.29, 1.82) is 5.26 Å². The topological polar surface area (TPSA) is 64.9 Å². The van der Waals surface area contributed by atoms with Crippen LogP contribution in [0.5, 0.6) is 0 Å². The minimum Gasteiger partial charge on any atom is -0.337 e. The number of thiophene rings is 1. The van der Waals surface area contributed by atoms with Crippen molar-refractivity contribution in [3.8, 4) is 6.07 Å². The van der Waals surface area contributed by atoms with E-state index in [1.807, 2.05) is 13.0 Å². The summed E-state index contributed by atoms with van der Waals surface area (Å²) in [5, 5.41) is 17.8. The maximum atomic E-state index is 12.5. The summed E-state index contributed by atoms with van der Waals surface area (Å²) in [5.74, 6) is 0.777. The molecule has 5 heteroatoms. The van der Waals surface area contributed by atoms with E-state index in [0.717, 1.165) is 24.8 Å². The highest BCUT2D eigenvalue weighted by molar-refractivity contribution is 7.10. The third-order valence-electron chi connectivity index (χ3n) is 5.28. The van der Waals surface area contributed by atoms with E-state index in [1.165, 1.54) is 10.4 Å². The number of hydrogen-bond acceptors (Lipinski definition) is 4. The maximum absolute atomic E-state index is 12.5. The number of carbonyl (C=O) groups excluding carboxylic acids is 1. The molecule has 3 rings (SSSR count). The lowest BCUT2D eigenvalue weighted by atomic mass is 9.97. The lowest BCUT2D eigenvalue weighted by molar-refractivity contribution is -0.121. The Balaban J connectivity index is 1.68. The first-order chi connectivity index (χ1) is 13.4. The maximum Gasteiger partial charge on any atom is 0.235 e. The molecule has 1 aromatic heterocycles. The third-order valence-corrected chi connectivity index (χ3v) is 6.21. The molecule has 148 valence electrons. The Labute approximate surface area is 172 Å². The number of nitrogens with one attached hydrogen (secondary N) is 2. The van der Waals surface area contributed by atoms with Gasteiger partial charge in [-0.3, -0.25) is 10.1 Å². The zero-order chi connectivity index (χ0) is 20.1. The summed E-state index contributed by atoms with van der Waals surface area (Å²) in [6, 6.07) is 15.0. The normalized spacial score (nSPS) is 17.0. The van der Waals surface area contributed by atoms with Gasteiger partial charge in [0.05, 0.1) is 18.7 Å². The van der Waals surface area contributed by atoms with Crippen molar-refractivity contribution >= 4 is 17.2 Å². The van der Waals surface area contributed by atoms with E-state index < -0.39 is 5.54 Å². The smallest absolute Gasteiger partial charge is 0.235 e. The van der Waals surface area contributed by atoms with Gasteiger partial charge in [-0.25, -0.2) is 0 Å². The van der Waals surface area contributed by atoms with Crippen LogP contribution in [0, 0.1) is 23.2 Å². The van der Waals surface area contributed by atoms with E-state index >= 15 is 0 Å². The van der Waals surface area contributed by atoms with Crippen molar-refractivity contribution in [2.45, 2.75) is 51.6 Å². The molecule has 0 bridgehead atoms. The SMILES string of the molecule is CC(C)Cc1ccc([C@@H](NCC(=O)N[C@](C)(C#N)C2CC2)c2cccs2)cc1. The van der Waals surface area contributed by atoms with E-state index in [4.69, 9.17) is 0 Å². The van der Waals surface area contributed by atoms with Crippen LogP contribution in [0.1, 0.15) is 55.7 Å². The molecule has 2 N–H and O–H groups in total. The molecule has 2 atom stereocenters. The van der Waals surface area contributed by atoms with Crippen molar-refractivity contribution in [3.05, 3.63) is 57.8 Å². The van der Waals surface area contributed by atoms with Crippen molar-refractivity contribution < 1.29 is 4.79 Å². The second-order valence-corrected chi connectivity index (χ2v) is 9.28. The number of rotatable bonds is 9. The summed E-state index contributed by atoms with van der Waals surface area (Å²) in [6.45, 7) is 6.45. The van der Waals surface area contributed by atoms with E-state index in [-0.39, 0.29) is 24.4 Å². The quantitative estimate of drug-likeness (QED) is 0.660. The first-order valence-corrected chi connectivity index (χ1v) is 10.9. The first kappa shape index (κ1) is 20.6. The molecular weight excluding hydrogens is 366 g/mol. The molecule has 1 amide bonds. The zero-order valence-electron chi connectivity index (χ0n) is 16.9. The van der Waals surface area contributed by atoms with Crippen LogP contribution in [0.2, 0.25) is 0 Å². The molecule has 0 spiro atoms. The van der Waals surface area contributed by atoms with Gasteiger partial charge in [-0.1, -0.05) is 44.2 Å². The molecule has 1 aliphatic carbocycles. The lowest BCUT2D eigenvalue weighted by Gasteiger charge is -2.24. The van der Waals surface area contributed by atoms with Crippen LogP contribution in [0.3, 0.4) is 0 Å². The number of amides is 1. The zero-order valence-corrected chi connectivity index (χ0v) is 17.7. The van der Waals surface area contributed by atoms with Gasteiger partial charge in [-0.15, -0.1) is 11.3 Å². The van der Waals surface area contributed by atoms with Crippen LogP contribution in [-0.2, 0) is 11.2 Å². The van der Waals surface area contributed by atoms with Crippen LogP contribution in [0.4, 0.5) is 0 Å².